The molecule has 0 aliphatic carbocycles. The summed E-state index contributed by atoms with van der Waals surface area (Å²) in [6, 6.07) is 14.1. The van der Waals surface area contributed by atoms with Crippen molar-refractivity contribution in [1.82, 2.24) is 5.32 Å². The number of thioether (sulfide) groups is 1. The molecule has 2 aromatic carbocycles. The summed E-state index contributed by atoms with van der Waals surface area (Å²) in [6.07, 6.45) is -3.21. The van der Waals surface area contributed by atoms with Gasteiger partial charge in [-0.2, -0.15) is 18.4 Å². The number of carbonyl (C=O) groups is 2. The fraction of sp³-hybridized carbons (Fsp3) is 0.148. The van der Waals surface area contributed by atoms with Crippen LogP contribution in [0.25, 0.3) is 0 Å². The predicted octanol–water partition coefficient (Wildman–Crippen LogP) is 7.31. The van der Waals surface area contributed by atoms with E-state index in [1.54, 1.807) is 31.2 Å². The van der Waals surface area contributed by atoms with Gasteiger partial charge in [0.1, 0.15) is 5.76 Å². The SMILES string of the molecule is CC1=C(C(=O)Nc2cccc(C(F)(F)F)c2)[C@@H](c2ccco2)C(C#N)=C(SCC(=O)Nc2ccc(Cl)c(Cl)c2)N1. The number of alkyl halides is 3. The van der Waals surface area contributed by atoms with Crippen molar-refractivity contribution in [3.63, 3.8) is 0 Å². The second-order valence-corrected chi connectivity index (χ2v) is 10.3. The molecule has 2 heterocycles. The standard InChI is InChI=1S/C27H19Cl2F3N4O3S/c1-14-23(25(38)36-16-5-2-4-15(10-16)27(30,31)32)24(21-6-3-9-39-21)18(12-33)26(34-14)40-13-22(37)35-17-7-8-19(28)20(29)11-17/h2-11,24,34H,13H2,1H3,(H,35,37)(H,36,38)/t24-/m1/s1. The zero-order valence-corrected chi connectivity index (χ0v) is 22.9. The average molecular weight is 607 g/mol. The Hall–Kier alpha value is -3.85. The molecular weight excluding hydrogens is 588 g/mol. The average Bonchev–Trinajstić information content (AvgIpc) is 3.43. The number of furan rings is 1. The Morgan fingerprint density at radius 2 is 1.82 bits per heavy atom. The zero-order chi connectivity index (χ0) is 29.0. The van der Waals surface area contributed by atoms with Crippen LogP contribution in [0, 0.1) is 11.3 Å². The first-order valence-electron chi connectivity index (χ1n) is 11.5. The Balaban J connectivity index is 1.58. The van der Waals surface area contributed by atoms with E-state index in [1.807, 2.05) is 0 Å². The number of hydrogen-bond acceptors (Lipinski definition) is 6. The van der Waals surface area contributed by atoms with Gasteiger partial charge in [-0.25, -0.2) is 0 Å². The van der Waals surface area contributed by atoms with Gasteiger partial charge in [-0.3, -0.25) is 9.59 Å². The van der Waals surface area contributed by atoms with E-state index in [-0.39, 0.29) is 39.3 Å². The molecule has 206 valence electrons. The summed E-state index contributed by atoms with van der Waals surface area (Å²) < 4.78 is 45.0. The highest BCUT2D eigenvalue weighted by Gasteiger charge is 2.37. The largest absolute Gasteiger partial charge is 0.468 e. The maximum atomic E-state index is 13.4. The molecule has 13 heteroatoms. The van der Waals surface area contributed by atoms with Crippen LogP contribution < -0.4 is 16.0 Å². The highest BCUT2D eigenvalue weighted by Crippen LogP contribution is 2.41. The number of hydrogen-bond donors (Lipinski definition) is 3. The third-order valence-electron chi connectivity index (χ3n) is 5.72. The molecule has 2 amide bonds. The molecule has 1 aliphatic heterocycles. The molecule has 3 aromatic rings. The molecular formula is C27H19Cl2F3N4O3S. The summed E-state index contributed by atoms with van der Waals surface area (Å²) in [6.45, 7) is 1.58. The van der Waals surface area contributed by atoms with Crippen molar-refractivity contribution in [1.29, 1.82) is 5.26 Å². The lowest BCUT2D eigenvalue weighted by molar-refractivity contribution is -0.137. The third-order valence-corrected chi connectivity index (χ3v) is 7.47. The van der Waals surface area contributed by atoms with Crippen molar-refractivity contribution in [3.05, 3.63) is 104 Å². The molecule has 1 aliphatic rings. The van der Waals surface area contributed by atoms with Crippen molar-refractivity contribution < 1.29 is 27.2 Å². The first kappa shape index (κ1) is 29.1. The summed E-state index contributed by atoms with van der Waals surface area (Å²) in [4.78, 5) is 26.0. The lowest BCUT2D eigenvalue weighted by Crippen LogP contribution is -2.31. The van der Waals surface area contributed by atoms with Crippen molar-refractivity contribution in [2.45, 2.75) is 19.0 Å². The summed E-state index contributed by atoms with van der Waals surface area (Å²) in [5.74, 6) is -1.92. The molecule has 4 rings (SSSR count). The van der Waals surface area contributed by atoms with Gasteiger partial charge in [0.05, 0.1) is 55.8 Å². The highest BCUT2D eigenvalue weighted by atomic mass is 35.5. The number of rotatable bonds is 7. The maximum absolute atomic E-state index is 13.4. The van der Waals surface area contributed by atoms with E-state index in [2.05, 4.69) is 22.0 Å². The summed E-state index contributed by atoms with van der Waals surface area (Å²) >= 11 is 12.9. The molecule has 3 N–H and O–H groups in total. The number of amides is 2. The summed E-state index contributed by atoms with van der Waals surface area (Å²) in [5, 5.41) is 19.2. The Morgan fingerprint density at radius 3 is 2.48 bits per heavy atom. The Morgan fingerprint density at radius 1 is 1.07 bits per heavy atom. The molecule has 0 saturated heterocycles. The lowest BCUT2D eigenvalue weighted by Gasteiger charge is -2.28. The van der Waals surface area contributed by atoms with Gasteiger partial charge in [-0.05, 0) is 55.5 Å². The van der Waals surface area contributed by atoms with Gasteiger partial charge < -0.3 is 20.4 Å². The molecule has 0 bridgehead atoms. The van der Waals surface area contributed by atoms with Gasteiger partial charge >= 0.3 is 6.18 Å². The van der Waals surface area contributed by atoms with E-state index in [1.165, 1.54) is 24.5 Å². The molecule has 0 saturated carbocycles. The number of nitrogens with zero attached hydrogens (tertiary/aromatic N) is 1. The van der Waals surface area contributed by atoms with Gasteiger partial charge in [0, 0.05) is 17.1 Å². The number of carbonyl (C=O) groups excluding carboxylic acids is 2. The van der Waals surface area contributed by atoms with Gasteiger partial charge in [0.2, 0.25) is 5.91 Å². The smallest absolute Gasteiger partial charge is 0.416 e. The van der Waals surface area contributed by atoms with Crippen LogP contribution in [0.15, 0.2) is 87.1 Å². The van der Waals surface area contributed by atoms with Gasteiger partial charge in [-0.15, -0.1) is 0 Å². The van der Waals surface area contributed by atoms with Gasteiger partial charge in [0.15, 0.2) is 0 Å². The van der Waals surface area contributed by atoms with Gasteiger partial charge in [-0.1, -0.05) is 41.0 Å². The van der Waals surface area contributed by atoms with E-state index in [0.717, 1.165) is 23.9 Å². The van der Waals surface area contributed by atoms with Crippen LogP contribution in [-0.4, -0.2) is 17.6 Å². The molecule has 1 atom stereocenters. The van der Waals surface area contributed by atoms with Gasteiger partial charge in [0.25, 0.3) is 5.91 Å². The fourth-order valence-electron chi connectivity index (χ4n) is 3.95. The zero-order valence-electron chi connectivity index (χ0n) is 20.5. The number of nitrogens with one attached hydrogen (secondary N) is 3. The Kier molecular flexibility index (Phi) is 8.83. The minimum Gasteiger partial charge on any atom is -0.468 e. The first-order chi connectivity index (χ1) is 19.0. The number of anilines is 2. The van der Waals surface area contributed by atoms with E-state index in [4.69, 9.17) is 27.6 Å². The minimum atomic E-state index is -4.59. The van der Waals surface area contributed by atoms with Crippen LogP contribution in [0.1, 0.15) is 24.2 Å². The van der Waals surface area contributed by atoms with Crippen LogP contribution in [0.5, 0.6) is 0 Å². The Labute approximate surface area is 241 Å². The summed E-state index contributed by atoms with van der Waals surface area (Å²) in [5.41, 5.74) is -0.0483. The summed E-state index contributed by atoms with van der Waals surface area (Å²) in [7, 11) is 0. The number of nitriles is 1. The molecule has 40 heavy (non-hydrogen) atoms. The monoisotopic (exact) mass is 606 g/mol. The maximum Gasteiger partial charge on any atom is 0.416 e. The second kappa shape index (κ2) is 12.1. The van der Waals surface area contributed by atoms with Crippen LogP contribution in [0.2, 0.25) is 10.0 Å². The quantitative estimate of drug-likeness (QED) is 0.260. The van der Waals surface area contributed by atoms with Crippen molar-refractivity contribution >= 4 is 58.2 Å². The molecule has 0 radical (unpaired) electrons. The van der Waals surface area contributed by atoms with Crippen LogP contribution in [0.4, 0.5) is 24.5 Å². The van der Waals surface area contributed by atoms with Crippen molar-refractivity contribution in [2.75, 3.05) is 16.4 Å². The van der Waals surface area contributed by atoms with E-state index >= 15 is 0 Å². The number of halogens is 5. The van der Waals surface area contributed by atoms with Crippen LogP contribution in [0.3, 0.4) is 0 Å². The number of allylic oxidation sites excluding steroid dienone is 2. The lowest BCUT2D eigenvalue weighted by atomic mass is 9.85. The normalized spacial score (nSPS) is 15.4. The van der Waals surface area contributed by atoms with E-state index < -0.39 is 23.6 Å². The minimum absolute atomic E-state index is 0.0695. The van der Waals surface area contributed by atoms with Crippen LogP contribution >= 0.6 is 35.0 Å². The number of benzene rings is 2. The van der Waals surface area contributed by atoms with Crippen molar-refractivity contribution in [2.24, 2.45) is 0 Å². The highest BCUT2D eigenvalue weighted by molar-refractivity contribution is 8.03. The third kappa shape index (κ3) is 6.65. The molecule has 1 aromatic heterocycles. The first-order valence-corrected chi connectivity index (χ1v) is 13.2. The van der Waals surface area contributed by atoms with E-state index in [0.29, 0.717) is 21.4 Å². The predicted molar refractivity (Wildman–Crippen MR) is 148 cm³/mol. The molecule has 0 spiro atoms. The van der Waals surface area contributed by atoms with Crippen molar-refractivity contribution in [3.8, 4) is 6.07 Å². The van der Waals surface area contributed by atoms with Crippen LogP contribution in [-0.2, 0) is 15.8 Å². The molecule has 0 fully saturated rings. The topological polar surface area (TPSA) is 107 Å². The fourth-order valence-corrected chi connectivity index (χ4v) is 5.14. The molecule has 7 nitrogen and oxygen atoms in total. The van der Waals surface area contributed by atoms with E-state index in [9.17, 15) is 28.0 Å². The Bertz CT molecular complexity index is 1560. The number of dihydropyridines is 1. The molecule has 0 unspecified atom stereocenters. The second-order valence-electron chi connectivity index (χ2n) is 8.47.